The maximum Gasteiger partial charge on any atom is 0.100 e. The fraction of sp³-hybridized carbons (Fsp3) is 0.588. The Morgan fingerprint density at radius 2 is 2.22 bits per heavy atom. The summed E-state index contributed by atoms with van der Waals surface area (Å²) in [4.78, 5) is 6.83. The Bertz CT molecular complexity index is 652. The molecular weight excluding hydrogens is 290 g/mol. The van der Waals surface area contributed by atoms with E-state index in [2.05, 4.69) is 20.2 Å². The molecule has 1 saturated carbocycles. The van der Waals surface area contributed by atoms with E-state index in [0.717, 1.165) is 30.4 Å². The Hall–Kier alpha value is -1.79. The highest BCUT2D eigenvalue weighted by molar-refractivity contribution is 5.19. The monoisotopic (exact) mass is 313 g/mol. The normalized spacial score (nSPS) is 21.3. The number of aryl methyl sites for hydroxylation is 1. The molecular formula is C17H23N5O. The Kier molecular flexibility index (Phi) is 4.10. The largest absolute Gasteiger partial charge is 0.374 e. The van der Waals surface area contributed by atoms with Crippen LogP contribution in [0.4, 0.5) is 0 Å². The van der Waals surface area contributed by atoms with Gasteiger partial charge in [-0.1, -0.05) is 11.3 Å². The minimum Gasteiger partial charge on any atom is -0.374 e. The van der Waals surface area contributed by atoms with Gasteiger partial charge in [-0.25, -0.2) is 0 Å². The van der Waals surface area contributed by atoms with Gasteiger partial charge in [-0.3, -0.25) is 14.6 Å². The van der Waals surface area contributed by atoms with Crippen LogP contribution in [0.2, 0.25) is 0 Å². The second kappa shape index (κ2) is 6.37. The van der Waals surface area contributed by atoms with Crippen LogP contribution in [-0.2, 0) is 24.9 Å². The molecule has 0 unspecified atom stereocenters. The molecule has 0 spiro atoms. The van der Waals surface area contributed by atoms with Crippen molar-refractivity contribution in [3.63, 3.8) is 0 Å². The summed E-state index contributed by atoms with van der Waals surface area (Å²) in [5, 5.41) is 8.57. The molecule has 2 aliphatic rings. The SMILES string of the molecule is Cn1nnc2c1[C@@H](COCc1ccccn1)CN(CC1CC1)C2. The molecule has 0 radical (unpaired) electrons. The molecule has 1 aliphatic carbocycles. The van der Waals surface area contributed by atoms with Gasteiger partial charge in [0.2, 0.25) is 0 Å². The van der Waals surface area contributed by atoms with Crippen molar-refractivity contribution in [2.75, 3.05) is 19.7 Å². The Labute approximate surface area is 136 Å². The Morgan fingerprint density at radius 1 is 1.30 bits per heavy atom. The number of hydrogen-bond donors (Lipinski definition) is 0. The van der Waals surface area contributed by atoms with E-state index >= 15 is 0 Å². The minimum absolute atomic E-state index is 0.334. The summed E-state index contributed by atoms with van der Waals surface area (Å²) in [5.74, 6) is 1.23. The van der Waals surface area contributed by atoms with E-state index in [-0.39, 0.29) is 0 Å². The predicted octanol–water partition coefficient (Wildman–Crippen LogP) is 1.74. The van der Waals surface area contributed by atoms with Crippen LogP contribution in [0.1, 0.15) is 35.8 Å². The first-order chi connectivity index (χ1) is 11.3. The highest BCUT2D eigenvalue weighted by Gasteiger charge is 2.33. The average Bonchev–Trinajstić information content (AvgIpc) is 3.30. The Morgan fingerprint density at radius 3 is 3.00 bits per heavy atom. The van der Waals surface area contributed by atoms with Crippen LogP contribution in [0.25, 0.3) is 0 Å². The van der Waals surface area contributed by atoms with E-state index in [4.69, 9.17) is 4.74 Å². The maximum atomic E-state index is 5.95. The predicted molar refractivity (Wildman–Crippen MR) is 85.6 cm³/mol. The van der Waals surface area contributed by atoms with Crippen molar-refractivity contribution in [2.24, 2.45) is 13.0 Å². The van der Waals surface area contributed by atoms with Crippen molar-refractivity contribution in [3.8, 4) is 0 Å². The van der Waals surface area contributed by atoms with Gasteiger partial charge in [0.05, 0.1) is 24.6 Å². The van der Waals surface area contributed by atoms with Crippen molar-refractivity contribution < 1.29 is 4.74 Å². The van der Waals surface area contributed by atoms with Gasteiger partial charge in [-0.05, 0) is 30.9 Å². The molecule has 0 N–H and O–H groups in total. The van der Waals surface area contributed by atoms with Crippen molar-refractivity contribution in [1.82, 2.24) is 24.9 Å². The molecule has 6 heteroatoms. The van der Waals surface area contributed by atoms with Crippen LogP contribution in [0.15, 0.2) is 24.4 Å². The second-order valence-corrected chi connectivity index (χ2v) is 6.72. The first-order valence-corrected chi connectivity index (χ1v) is 8.38. The van der Waals surface area contributed by atoms with Gasteiger partial charge in [0.15, 0.2) is 0 Å². The van der Waals surface area contributed by atoms with E-state index in [0.29, 0.717) is 19.1 Å². The quantitative estimate of drug-likeness (QED) is 0.813. The van der Waals surface area contributed by atoms with Crippen LogP contribution in [0, 0.1) is 5.92 Å². The summed E-state index contributed by atoms with van der Waals surface area (Å²) >= 11 is 0. The summed E-state index contributed by atoms with van der Waals surface area (Å²) in [6, 6.07) is 5.91. The van der Waals surface area contributed by atoms with Crippen LogP contribution in [0.3, 0.4) is 0 Å². The number of rotatable bonds is 6. The zero-order chi connectivity index (χ0) is 15.6. The number of aromatic nitrogens is 4. The van der Waals surface area contributed by atoms with E-state index in [1.807, 2.05) is 29.9 Å². The van der Waals surface area contributed by atoms with Crippen molar-refractivity contribution >= 4 is 0 Å². The smallest absolute Gasteiger partial charge is 0.100 e. The standard InChI is InChI=1S/C17H23N5O/c1-21-17-14(11-23-12-15-4-2-3-7-18-15)9-22(8-13-5-6-13)10-16(17)19-20-21/h2-4,7,13-14H,5-6,8-12H2,1H3/t14-/m1/s1. The maximum absolute atomic E-state index is 5.95. The van der Waals surface area contributed by atoms with Crippen LogP contribution >= 0.6 is 0 Å². The number of fused-ring (bicyclic) bond motifs is 1. The van der Waals surface area contributed by atoms with Gasteiger partial charge in [-0.15, -0.1) is 5.10 Å². The topological polar surface area (TPSA) is 56.1 Å². The van der Waals surface area contributed by atoms with Crippen LogP contribution in [0.5, 0.6) is 0 Å². The zero-order valence-electron chi connectivity index (χ0n) is 13.6. The van der Waals surface area contributed by atoms with E-state index in [1.165, 1.54) is 25.1 Å². The van der Waals surface area contributed by atoms with Crippen LogP contribution in [-0.4, -0.2) is 44.6 Å². The molecule has 3 heterocycles. The number of pyridine rings is 1. The molecule has 1 aliphatic heterocycles. The first-order valence-electron chi connectivity index (χ1n) is 8.38. The molecule has 0 saturated heterocycles. The zero-order valence-corrected chi connectivity index (χ0v) is 13.6. The summed E-state index contributed by atoms with van der Waals surface area (Å²) in [7, 11) is 1.98. The molecule has 23 heavy (non-hydrogen) atoms. The van der Waals surface area contributed by atoms with E-state index < -0.39 is 0 Å². The molecule has 2 aromatic heterocycles. The van der Waals surface area contributed by atoms with E-state index in [1.54, 1.807) is 6.20 Å². The first kappa shape index (κ1) is 14.8. The highest BCUT2D eigenvalue weighted by Crippen LogP contribution is 2.33. The van der Waals surface area contributed by atoms with Crippen molar-refractivity contribution in [3.05, 3.63) is 41.5 Å². The van der Waals surface area contributed by atoms with Gasteiger partial charge in [-0.2, -0.15) is 0 Å². The van der Waals surface area contributed by atoms with Gasteiger partial charge in [0, 0.05) is 38.8 Å². The summed E-state index contributed by atoms with van der Waals surface area (Å²) in [6.45, 7) is 4.39. The lowest BCUT2D eigenvalue weighted by molar-refractivity contribution is 0.0817. The third-order valence-corrected chi connectivity index (χ3v) is 4.69. The Balaban J connectivity index is 1.41. The van der Waals surface area contributed by atoms with Gasteiger partial charge < -0.3 is 4.74 Å². The third kappa shape index (κ3) is 3.43. The van der Waals surface area contributed by atoms with Gasteiger partial charge >= 0.3 is 0 Å². The number of nitrogens with zero attached hydrogens (tertiary/aromatic N) is 5. The van der Waals surface area contributed by atoms with Crippen molar-refractivity contribution in [2.45, 2.75) is 31.9 Å². The van der Waals surface area contributed by atoms with Gasteiger partial charge in [0.25, 0.3) is 0 Å². The molecule has 122 valence electrons. The molecule has 1 fully saturated rings. The summed E-state index contributed by atoms with van der Waals surface area (Å²) < 4.78 is 7.87. The molecule has 6 nitrogen and oxygen atoms in total. The lowest BCUT2D eigenvalue weighted by atomic mass is 9.98. The molecule has 2 aromatic rings. The minimum atomic E-state index is 0.334. The molecule has 4 rings (SSSR count). The average molecular weight is 313 g/mol. The number of hydrogen-bond acceptors (Lipinski definition) is 5. The van der Waals surface area contributed by atoms with Crippen LogP contribution < -0.4 is 0 Å². The fourth-order valence-electron chi connectivity index (χ4n) is 3.42. The number of ether oxygens (including phenoxy) is 1. The molecule has 1 atom stereocenters. The third-order valence-electron chi connectivity index (χ3n) is 4.69. The molecule has 0 bridgehead atoms. The lowest BCUT2D eigenvalue weighted by Gasteiger charge is -2.32. The summed E-state index contributed by atoms with van der Waals surface area (Å²) in [5.41, 5.74) is 3.32. The molecule has 0 aromatic carbocycles. The van der Waals surface area contributed by atoms with E-state index in [9.17, 15) is 0 Å². The fourth-order valence-corrected chi connectivity index (χ4v) is 3.42. The second-order valence-electron chi connectivity index (χ2n) is 6.72. The summed E-state index contributed by atoms with van der Waals surface area (Å²) in [6.07, 6.45) is 4.56. The molecule has 0 amide bonds. The lowest BCUT2D eigenvalue weighted by Crippen LogP contribution is -2.37. The van der Waals surface area contributed by atoms with Gasteiger partial charge in [0.1, 0.15) is 5.69 Å². The van der Waals surface area contributed by atoms with Crippen molar-refractivity contribution in [1.29, 1.82) is 0 Å². The highest BCUT2D eigenvalue weighted by atomic mass is 16.5.